The van der Waals surface area contributed by atoms with Crippen LogP contribution in [0.2, 0.25) is 0 Å². The minimum atomic E-state index is -1.34. The number of hydrogen-bond acceptors (Lipinski definition) is 3. The van der Waals surface area contributed by atoms with E-state index in [0.717, 1.165) is 44.5 Å². The van der Waals surface area contributed by atoms with E-state index in [9.17, 15) is 13.6 Å². The smallest absolute Gasteiger partial charge is 0.335 e. The van der Waals surface area contributed by atoms with Crippen LogP contribution in [0.15, 0.2) is 12.1 Å². The van der Waals surface area contributed by atoms with Gasteiger partial charge in [0.1, 0.15) is 17.3 Å². The summed E-state index contributed by atoms with van der Waals surface area (Å²) in [5.74, 6) is -3.03. The molecule has 0 aliphatic carbocycles. The third-order valence-electron chi connectivity index (χ3n) is 4.22. The normalized spacial score (nSPS) is 25.7. The molecular weight excluding hydrogens is 266 g/mol. The van der Waals surface area contributed by atoms with Crippen LogP contribution in [0.4, 0.5) is 14.5 Å². The Morgan fingerprint density at radius 1 is 1.25 bits per heavy atom. The summed E-state index contributed by atoms with van der Waals surface area (Å²) in [4.78, 5) is 13.1. The number of anilines is 1. The predicted octanol–water partition coefficient (Wildman–Crippen LogP) is 2.31. The standard InChI is InChI=1S/C14H16F2N2O2/c15-9-6-8(14(19)20)7-10(16)13(9)17-11-3-5-18-4-1-2-12(11)18/h6-7,11-12,17H,1-5H2,(H,19,20). The lowest BCUT2D eigenvalue weighted by molar-refractivity contribution is 0.0696. The van der Waals surface area contributed by atoms with Crippen molar-refractivity contribution in [3.63, 3.8) is 0 Å². The van der Waals surface area contributed by atoms with Crippen molar-refractivity contribution in [2.45, 2.75) is 31.3 Å². The van der Waals surface area contributed by atoms with Gasteiger partial charge in [-0.1, -0.05) is 0 Å². The molecule has 108 valence electrons. The summed E-state index contributed by atoms with van der Waals surface area (Å²) in [6.07, 6.45) is 3.00. The van der Waals surface area contributed by atoms with Crippen LogP contribution in [0.5, 0.6) is 0 Å². The van der Waals surface area contributed by atoms with E-state index in [1.165, 1.54) is 0 Å². The highest BCUT2D eigenvalue weighted by atomic mass is 19.1. The lowest BCUT2D eigenvalue weighted by atomic mass is 10.1. The van der Waals surface area contributed by atoms with E-state index in [4.69, 9.17) is 5.11 Å². The minimum absolute atomic E-state index is 0.0252. The van der Waals surface area contributed by atoms with Crippen molar-refractivity contribution < 1.29 is 18.7 Å². The Morgan fingerprint density at radius 3 is 2.60 bits per heavy atom. The molecule has 2 saturated heterocycles. The van der Waals surface area contributed by atoms with E-state index in [-0.39, 0.29) is 17.3 Å². The summed E-state index contributed by atoms with van der Waals surface area (Å²) in [5, 5.41) is 11.7. The lowest BCUT2D eigenvalue weighted by Crippen LogP contribution is -2.34. The van der Waals surface area contributed by atoms with E-state index in [1.54, 1.807) is 0 Å². The summed E-state index contributed by atoms with van der Waals surface area (Å²) < 4.78 is 27.8. The van der Waals surface area contributed by atoms with E-state index in [1.807, 2.05) is 0 Å². The number of carbonyl (C=O) groups is 1. The zero-order chi connectivity index (χ0) is 14.3. The first-order valence-corrected chi connectivity index (χ1v) is 6.79. The van der Waals surface area contributed by atoms with Gasteiger partial charge in [-0.25, -0.2) is 13.6 Å². The fraction of sp³-hybridized carbons (Fsp3) is 0.500. The SMILES string of the molecule is O=C(O)c1cc(F)c(NC2CCN3CCCC23)c(F)c1. The highest BCUT2D eigenvalue weighted by Gasteiger charge is 2.37. The number of nitrogens with one attached hydrogen (secondary N) is 1. The van der Waals surface area contributed by atoms with Crippen molar-refractivity contribution in [2.24, 2.45) is 0 Å². The van der Waals surface area contributed by atoms with Crippen LogP contribution in [0.1, 0.15) is 29.6 Å². The number of carboxylic acids is 1. The highest BCUT2D eigenvalue weighted by Crippen LogP contribution is 2.31. The number of halogens is 2. The van der Waals surface area contributed by atoms with E-state index < -0.39 is 17.6 Å². The van der Waals surface area contributed by atoms with Gasteiger partial charge >= 0.3 is 5.97 Å². The molecule has 0 amide bonds. The number of rotatable bonds is 3. The van der Waals surface area contributed by atoms with Crippen molar-refractivity contribution >= 4 is 11.7 Å². The van der Waals surface area contributed by atoms with Crippen LogP contribution in [0, 0.1) is 11.6 Å². The molecule has 1 aromatic carbocycles. The van der Waals surface area contributed by atoms with Crippen LogP contribution < -0.4 is 5.32 Å². The molecule has 2 N–H and O–H groups in total. The third-order valence-corrected chi connectivity index (χ3v) is 4.22. The van der Waals surface area contributed by atoms with Gasteiger partial charge in [0, 0.05) is 18.6 Å². The molecule has 2 fully saturated rings. The van der Waals surface area contributed by atoms with E-state index in [2.05, 4.69) is 10.2 Å². The van der Waals surface area contributed by atoms with Gasteiger partial charge in [-0.15, -0.1) is 0 Å². The zero-order valence-electron chi connectivity index (χ0n) is 10.9. The van der Waals surface area contributed by atoms with Gasteiger partial charge in [-0.2, -0.15) is 0 Å². The molecule has 20 heavy (non-hydrogen) atoms. The lowest BCUT2D eigenvalue weighted by Gasteiger charge is -2.22. The molecule has 1 aromatic rings. The molecule has 2 atom stereocenters. The molecule has 2 aliphatic heterocycles. The zero-order valence-corrected chi connectivity index (χ0v) is 10.9. The molecule has 2 heterocycles. The molecule has 0 aromatic heterocycles. The van der Waals surface area contributed by atoms with Crippen LogP contribution >= 0.6 is 0 Å². The highest BCUT2D eigenvalue weighted by molar-refractivity contribution is 5.88. The largest absolute Gasteiger partial charge is 0.478 e. The second kappa shape index (κ2) is 5.01. The molecule has 2 unspecified atom stereocenters. The van der Waals surface area contributed by atoms with Gasteiger partial charge in [0.15, 0.2) is 0 Å². The minimum Gasteiger partial charge on any atom is -0.478 e. The molecular formula is C14H16F2N2O2. The number of nitrogens with zero attached hydrogens (tertiary/aromatic N) is 1. The first kappa shape index (κ1) is 13.3. The summed E-state index contributed by atoms with van der Waals surface area (Å²) in [5.41, 5.74) is -0.590. The third kappa shape index (κ3) is 2.24. The van der Waals surface area contributed by atoms with Crippen molar-refractivity contribution in [2.75, 3.05) is 18.4 Å². The van der Waals surface area contributed by atoms with Crippen molar-refractivity contribution in [1.82, 2.24) is 4.90 Å². The van der Waals surface area contributed by atoms with Crippen LogP contribution in [-0.2, 0) is 0 Å². The maximum atomic E-state index is 13.9. The summed E-state index contributed by atoms with van der Waals surface area (Å²) in [6.45, 7) is 1.99. The second-order valence-electron chi connectivity index (χ2n) is 5.41. The Kier molecular flexibility index (Phi) is 3.33. The van der Waals surface area contributed by atoms with Crippen LogP contribution in [-0.4, -0.2) is 41.1 Å². The van der Waals surface area contributed by atoms with Gasteiger partial charge in [0.25, 0.3) is 0 Å². The maximum absolute atomic E-state index is 13.9. The Morgan fingerprint density at radius 2 is 1.95 bits per heavy atom. The second-order valence-corrected chi connectivity index (χ2v) is 5.41. The Labute approximate surface area is 115 Å². The van der Waals surface area contributed by atoms with Gasteiger partial charge in [-0.3, -0.25) is 4.90 Å². The summed E-state index contributed by atoms with van der Waals surface area (Å²) >= 11 is 0. The molecule has 0 spiro atoms. The van der Waals surface area contributed by atoms with Crippen LogP contribution in [0.25, 0.3) is 0 Å². The Bertz CT molecular complexity index is 527. The van der Waals surface area contributed by atoms with Gasteiger partial charge in [0.05, 0.1) is 5.56 Å². The monoisotopic (exact) mass is 282 g/mol. The molecule has 3 rings (SSSR count). The Balaban J connectivity index is 1.82. The van der Waals surface area contributed by atoms with E-state index in [0.29, 0.717) is 6.04 Å². The quantitative estimate of drug-likeness (QED) is 0.893. The molecule has 6 heteroatoms. The van der Waals surface area contributed by atoms with Crippen LogP contribution in [0.3, 0.4) is 0 Å². The van der Waals surface area contributed by atoms with Gasteiger partial charge < -0.3 is 10.4 Å². The van der Waals surface area contributed by atoms with Crippen molar-refractivity contribution in [3.8, 4) is 0 Å². The molecule has 0 saturated carbocycles. The number of fused-ring (bicyclic) bond motifs is 1. The number of hydrogen-bond donors (Lipinski definition) is 2. The fourth-order valence-corrected chi connectivity index (χ4v) is 3.27. The Hall–Kier alpha value is -1.69. The maximum Gasteiger partial charge on any atom is 0.335 e. The summed E-state index contributed by atoms with van der Waals surface area (Å²) in [6, 6.07) is 2.06. The predicted molar refractivity (Wildman–Crippen MR) is 69.9 cm³/mol. The van der Waals surface area contributed by atoms with Gasteiger partial charge in [0.2, 0.25) is 0 Å². The topological polar surface area (TPSA) is 52.6 Å². The number of aromatic carboxylic acids is 1. The average Bonchev–Trinajstić information content (AvgIpc) is 2.97. The average molecular weight is 282 g/mol. The van der Waals surface area contributed by atoms with E-state index >= 15 is 0 Å². The summed E-state index contributed by atoms with van der Waals surface area (Å²) in [7, 11) is 0. The first-order chi connectivity index (χ1) is 9.56. The van der Waals surface area contributed by atoms with Crippen molar-refractivity contribution in [1.29, 1.82) is 0 Å². The van der Waals surface area contributed by atoms with Gasteiger partial charge in [-0.05, 0) is 37.9 Å². The fourth-order valence-electron chi connectivity index (χ4n) is 3.27. The molecule has 0 radical (unpaired) electrons. The molecule has 2 aliphatic rings. The number of carboxylic acid groups (broad SMARTS) is 1. The van der Waals surface area contributed by atoms with Crippen molar-refractivity contribution in [3.05, 3.63) is 29.3 Å². The first-order valence-electron chi connectivity index (χ1n) is 6.79. The molecule has 0 bridgehead atoms. The molecule has 4 nitrogen and oxygen atoms in total. The number of benzene rings is 1.